The topological polar surface area (TPSA) is 104 Å². The van der Waals surface area contributed by atoms with E-state index in [-0.39, 0.29) is 5.95 Å². The second kappa shape index (κ2) is 6.80. The van der Waals surface area contributed by atoms with Crippen molar-refractivity contribution in [1.82, 2.24) is 14.7 Å². The molecule has 0 aliphatic carbocycles. The van der Waals surface area contributed by atoms with Gasteiger partial charge in [0.05, 0.1) is 12.1 Å². The normalized spacial score (nSPS) is 12.2. The van der Waals surface area contributed by atoms with E-state index >= 15 is 0 Å². The maximum atomic E-state index is 14.2. The van der Waals surface area contributed by atoms with Gasteiger partial charge in [0.15, 0.2) is 0 Å². The van der Waals surface area contributed by atoms with Crippen LogP contribution in [0.2, 0.25) is 0 Å². The Morgan fingerprint density at radius 2 is 1.88 bits per heavy atom. The van der Waals surface area contributed by atoms with Crippen LogP contribution in [0.1, 0.15) is 19.4 Å². The number of aromatic nitrogens is 2. The van der Waals surface area contributed by atoms with Crippen molar-refractivity contribution in [2.45, 2.75) is 31.2 Å². The van der Waals surface area contributed by atoms with Gasteiger partial charge in [0.1, 0.15) is 10.7 Å². The number of hydrogen-bond acceptors (Lipinski definition) is 6. The van der Waals surface area contributed by atoms with E-state index in [1.807, 2.05) is 6.92 Å². The summed E-state index contributed by atoms with van der Waals surface area (Å²) in [5.41, 5.74) is 0.0975. The second-order valence-electron chi connectivity index (χ2n) is 6.00. The van der Waals surface area contributed by atoms with Crippen LogP contribution in [0.15, 0.2) is 35.5 Å². The van der Waals surface area contributed by atoms with Crippen molar-refractivity contribution in [1.29, 1.82) is 0 Å². The zero-order chi connectivity index (χ0) is 18.0. The highest BCUT2D eigenvalue weighted by molar-refractivity contribution is 7.89. The van der Waals surface area contributed by atoms with Gasteiger partial charge in [0.2, 0.25) is 16.0 Å². The number of anilines is 2. The third-order valence-electron chi connectivity index (χ3n) is 3.06. The SMILES string of the molecule is Cc1cnc(Nc2ccc(S(=O)(=O)NC(C)(C)CO)c(F)c2)nc1. The Hall–Kier alpha value is -2.10. The van der Waals surface area contributed by atoms with Crippen LogP contribution < -0.4 is 10.0 Å². The largest absolute Gasteiger partial charge is 0.394 e. The maximum absolute atomic E-state index is 14.2. The zero-order valence-electron chi connectivity index (χ0n) is 13.5. The number of rotatable bonds is 6. The molecule has 0 atom stereocenters. The van der Waals surface area contributed by atoms with Crippen LogP contribution >= 0.6 is 0 Å². The molecule has 2 rings (SSSR count). The summed E-state index contributed by atoms with van der Waals surface area (Å²) in [7, 11) is -4.10. The van der Waals surface area contributed by atoms with Crippen molar-refractivity contribution >= 4 is 21.7 Å². The molecule has 0 unspecified atom stereocenters. The molecule has 0 spiro atoms. The van der Waals surface area contributed by atoms with Gasteiger partial charge in [-0.2, -0.15) is 0 Å². The van der Waals surface area contributed by atoms with Gasteiger partial charge in [-0.3, -0.25) is 0 Å². The molecule has 0 fully saturated rings. The fourth-order valence-corrected chi connectivity index (χ4v) is 3.30. The molecule has 7 nitrogen and oxygen atoms in total. The lowest BCUT2D eigenvalue weighted by Gasteiger charge is -2.23. The van der Waals surface area contributed by atoms with Crippen molar-refractivity contribution in [3.63, 3.8) is 0 Å². The van der Waals surface area contributed by atoms with Gasteiger partial charge in [0, 0.05) is 18.1 Å². The van der Waals surface area contributed by atoms with E-state index in [2.05, 4.69) is 20.0 Å². The van der Waals surface area contributed by atoms with Crippen LogP contribution in [0, 0.1) is 12.7 Å². The van der Waals surface area contributed by atoms with Gasteiger partial charge >= 0.3 is 0 Å². The molecular weight excluding hydrogens is 335 g/mol. The van der Waals surface area contributed by atoms with Crippen molar-refractivity contribution in [3.05, 3.63) is 42.0 Å². The Kier molecular flexibility index (Phi) is 5.16. The molecule has 0 saturated heterocycles. The molecule has 9 heteroatoms. The number of aryl methyl sites for hydroxylation is 1. The van der Waals surface area contributed by atoms with E-state index in [1.165, 1.54) is 19.9 Å². The van der Waals surface area contributed by atoms with Gasteiger partial charge in [-0.15, -0.1) is 0 Å². The first-order valence-electron chi connectivity index (χ1n) is 7.13. The number of nitrogens with one attached hydrogen (secondary N) is 2. The molecule has 0 amide bonds. The highest BCUT2D eigenvalue weighted by atomic mass is 32.2. The predicted octanol–water partition coefficient (Wildman–Crippen LogP) is 1.72. The molecule has 0 radical (unpaired) electrons. The van der Waals surface area contributed by atoms with Crippen LogP contribution in [-0.2, 0) is 10.0 Å². The Morgan fingerprint density at radius 1 is 1.25 bits per heavy atom. The van der Waals surface area contributed by atoms with Gasteiger partial charge in [-0.25, -0.2) is 27.5 Å². The van der Waals surface area contributed by atoms with E-state index in [0.29, 0.717) is 5.69 Å². The summed E-state index contributed by atoms with van der Waals surface area (Å²) >= 11 is 0. The molecule has 0 aliphatic heterocycles. The molecule has 3 N–H and O–H groups in total. The Bertz CT molecular complexity index is 823. The Balaban J connectivity index is 2.24. The molecule has 130 valence electrons. The van der Waals surface area contributed by atoms with E-state index in [4.69, 9.17) is 5.11 Å². The summed E-state index contributed by atoms with van der Waals surface area (Å²) in [6.07, 6.45) is 3.21. The lowest BCUT2D eigenvalue weighted by Crippen LogP contribution is -2.46. The minimum absolute atomic E-state index is 0.273. The van der Waals surface area contributed by atoms with Gasteiger partial charge < -0.3 is 10.4 Å². The van der Waals surface area contributed by atoms with E-state index in [0.717, 1.165) is 17.7 Å². The van der Waals surface area contributed by atoms with Crippen LogP contribution in [0.25, 0.3) is 0 Å². The second-order valence-corrected chi connectivity index (χ2v) is 7.65. The summed E-state index contributed by atoms with van der Waals surface area (Å²) in [6.45, 7) is 4.41. The van der Waals surface area contributed by atoms with Crippen LogP contribution in [0.5, 0.6) is 0 Å². The summed E-state index contributed by atoms with van der Waals surface area (Å²) in [5.74, 6) is -0.650. The number of benzene rings is 1. The molecule has 2 aromatic rings. The van der Waals surface area contributed by atoms with Crippen LogP contribution in [-0.4, -0.2) is 35.6 Å². The van der Waals surface area contributed by atoms with Gasteiger partial charge in [-0.1, -0.05) is 0 Å². The average Bonchev–Trinajstić information content (AvgIpc) is 2.48. The third-order valence-corrected chi connectivity index (χ3v) is 4.80. The first-order valence-corrected chi connectivity index (χ1v) is 8.61. The lowest BCUT2D eigenvalue weighted by atomic mass is 10.1. The lowest BCUT2D eigenvalue weighted by molar-refractivity contribution is 0.208. The number of hydrogen-bond donors (Lipinski definition) is 3. The molecular formula is C15H19FN4O3S. The molecule has 24 heavy (non-hydrogen) atoms. The number of aliphatic hydroxyl groups is 1. The van der Waals surface area contributed by atoms with E-state index < -0.39 is 32.9 Å². The van der Waals surface area contributed by atoms with Crippen molar-refractivity contribution in [3.8, 4) is 0 Å². The van der Waals surface area contributed by atoms with E-state index in [9.17, 15) is 12.8 Å². The molecule has 0 bridgehead atoms. The monoisotopic (exact) mass is 354 g/mol. The summed E-state index contributed by atoms with van der Waals surface area (Å²) in [4.78, 5) is 7.56. The fraction of sp³-hybridized carbons (Fsp3) is 0.333. The molecule has 1 aromatic carbocycles. The Labute approximate surface area is 140 Å². The highest BCUT2D eigenvalue weighted by Crippen LogP contribution is 2.22. The van der Waals surface area contributed by atoms with Crippen molar-refractivity contribution in [2.24, 2.45) is 0 Å². The average molecular weight is 354 g/mol. The summed E-state index contributed by atoms with van der Waals surface area (Å²) in [6, 6.07) is 3.60. The maximum Gasteiger partial charge on any atom is 0.244 e. The molecule has 0 aliphatic rings. The number of nitrogens with zero attached hydrogens (tertiary/aromatic N) is 2. The van der Waals surface area contributed by atoms with Crippen molar-refractivity contribution in [2.75, 3.05) is 11.9 Å². The van der Waals surface area contributed by atoms with Gasteiger partial charge in [-0.05, 0) is 44.5 Å². The molecule has 1 heterocycles. The number of sulfonamides is 1. The highest BCUT2D eigenvalue weighted by Gasteiger charge is 2.27. The standard InChI is InChI=1S/C15H19FN4O3S/c1-10-7-17-14(18-8-10)19-11-4-5-13(12(16)6-11)24(22,23)20-15(2,3)9-21/h4-8,20-21H,9H2,1-3H3,(H,17,18,19). The smallest absolute Gasteiger partial charge is 0.244 e. The first-order chi connectivity index (χ1) is 11.1. The van der Waals surface area contributed by atoms with Crippen LogP contribution in [0.3, 0.4) is 0 Å². The molecule has 1 aromatic heterocycles. The van der Waals surface area contributed by atoms with Crippen molar-refractivity contribution < 1.29 is 17.9 Å². The molecule has 0 saturated carbocycles. The third kappa shape index (κ3) is 4.47. The minimum Gasteiger partial charge on any atom is -0.394 e. The van der Waals surface area contributed by atoms with Gasteiger partial charge in [0.25, 0.3) is 0 Å². The number of halogens is 1. The zero-order valence-corrected chi connectivity index (χ0v) is 14.4. The summed E-state index contributed by atoms with van der Waals surface area (Å²) < 4.78 is 40.9. The first kappa shape index (κ1) is 18.2. The quantitative estimate of drug-likeness (QED) is 0.730. The predicted molar refractivity (Wildman–Crippen MR) is 87.9 cm³/mol. The van der Waals surface area contributed by atoms with Crippen LogP contribution in [0.4, 0.5) is 16.0 Å². The Morgan fingerprint density at radius 3 is 2.42 bits per heavy atom. The fourth-order valence-electron chi connectivity index (χ4n) is 1.83. The summed E-state index contributed by atoms with van der Waals surface area (Å²) in [5, 5.41) is 11.9. The van der Waals surface area contributed by atoms with E-state index in [1.54, 1.807) is 12.4 Å². The number of aliphatic hydroxyl groups excluding tert-OH is 1. The minimum atomic E-state index is -4.10.